The molecule has 0 heterocycles. The molecule has 0 saturated carbocycles. The molecule has 0 spiro atoms. The zero-order valence-corrected chi connectivity index (χ0v) is 13.0. The van der Waals surface area contributed by atoms with Gasteiger partial charge in [-0.1, -0.05) is 6.07 Å². The highest BCUT2D eigenvalue weighted by molar-refractivity contribution is 14.1. The number of halogens is 1. The SMILES string of the molecule is CSCC(C)NC(=O)c1c(I)cccc1C(=O)O. The molecule has 4 nitrogen and oxygen atoms in total. The monoisotopic (exact) mass is 379 g/mol. The third kappa shape index (κ3) is 3.88. The summed E-state index contributed by atoms with van der Waals surface area (Å²) in [5, 5.41) is 11.9. The summed E-state index contributed by atoms with van der Waals surface area (Å²) < 4.78 is 0.640. The number of carboxylic acid groups (broad SMARTS) is 1. The molecule has 1 amide bonds. The van der Waals surface area contributed by atoms with Crippen molar-refractivity contribution in [1.82, 2.24) is 5.32 Å². The number of amides is 1. The first-order valence-corrected chi connectivity index (χ1v) is 7.76. The molecule has 1 rings (SSSR count). The van der Waals surface area contributed by atoms with E-state index < -0.39 is 5.97 Å². The lowest BCUT2D eigenvalue weighted by molar-refractivity contribution is 0.0690. The lowest BCUT2D eigenvalue weighted by atomic mass is 10.1. The number of rotatable bonds is 5. The zero-order valence-electron chi connectivity index (χ0n) is 10.1. The molecular formula is C12H14INO3S. The van der Waals surface area contributed by atoms with Crippen LogP contribution in [-0.2, 0) is 0 Å². The van der Waals surface area contributed by atoms with E-state index in [1.807, 2.05) is 35.8 Å². The van der Waals surface area contributed by atoms with Crippen LogP contribution in [0.15, 0.2) is 18.2 Å². The minimum atomic E-state index is -1.09. The van der Waals surface area contributed by atoms with Gasteiger partial charge in [0.25, 0.3) is 5.91 Å². The molecule has 18 heavy (non-hydrogen) atoms. The van der Waals surface area contributed by atoms with Crippen molar-refractivity contribution in [2.75, 3.05) is 12.0 Å². The first kappa shape index (κ1) is 15.3. The second-order valence-corrected chi connectivity index (χ2v) is 5.87. The van der Waals surface area contributed by atoms with E-state index in [4.69, 9.17) is 5.11 Å². The maximum Gasteiger partial charge on any atom is 0.336 e. The minimum absolute atomic E-state index is 0.00477. The predicted molar refractivity (Wildman–Crippen MR) is 81.4 cm³/mol. The average molecular weight is 379 g/mol. The Balaban J connectivity index is 3.01. The summed E-state index contributed by atoms with van der Waals surface area (Å²) in [5.41, 5.74) is 0.273. The molecule has 6 heteroatoms. The van der Waals surface area contributed by atoms with Gasteiger partial charge in [0.1, 0.15) is 0 Å². The van der Waals surface area contributed by atoms with Crippen LogP contribution in [0.5, 0.6) is 0 Å². The summed E-state index contributed by atoms with van der Waals surface area (Å²) in [4.78, 5) is 23.2. The summed E-state index contributed by atoms with van der Waals surface area (Å²) in [6, 6.07) is 4.80. The summed E-state index contributed by atoms with van der Waals surface area (Å²) in [6.07, 6.45) is 1.96. The third-order valence-corrected chi connectivity index (χ3v) is 4.00. The standard InChI is InChI=1S/C12H14INO3S/c1-7(6-18-2)14-11(15)10-8(12(16)17)4-3-5-9(10)13/h3-5,7H,6H2,1-2H3,(H,14,15)(H,16,17). The quantitative estimate of drug-likeness (QED) is 0.772. The fourth-order valence-corrected chi connectivity index (χ4v) is 2.85. The number of carbonyl (C=O) groups is 2. The summed E-state index contributed by atoms with van der Waals surface area (Å²) >= 11 is 3.60. The van der Waals surface area contributed by atoms with Crippen LogP contribution in [-0.4, -0.2) is 35.0 Å². The molecule has 2 N–H and O–H groups in total. The number of carbonyl (C=O) groups excluding carboxylic acids is 1. The molecule has 1 aromatic rings. The van der Waals surface area contributed by atoms with Gasteiger partial charge in [-0.2, -0.15) is 11.8 Å². The van der Waals surface area contributed by atoms with Crippen molar-refractivity contribution < 1.29 is 14.7 Å². The average Bonchev–Trinajstić information content (AvgIpc) is 2.28. The number of thioether (sulfide) groups is 1. The van der Waals surface area contributed by atoms with Gasteiger partial charge in [-0.3, -0.25) is 4.79 Å². The molecule has 0 bridgehead atoms. The normalized spacial score (nSPS) is 11.9. The molecule has 1 unspecified atom stereocenters. The number of benzene rings is 1. The van der Waals surface area contributed by atoms with Gasteiger partial charge in [-0.05, 0) is 47.9 Å². The van der Waals surface area contributed by atoms with Gasteiger partial charge in [-0.15, -0.1) is 0 Å². The molecule has 0 saturated heterocycles. The molecule has 0 fully saturated rings. The predicted octanol–water partition coefficient (Wildman–Crippen LogP) is 2.47. The Hall–Kier alpha value is -0.760. The van der Waals surface area contributed by atoms with Crippen molar-refractivity contribution in [3.05, 3.63) is 32.9 Å². The van der Waals surface area contributed by atoms with Crippen LogP contribution < -0.4 is 5.32 Å². The van der Waals surface area contributed by atoms with Crippen LogP contribution in [0.1, 0.15) is 27.6 Å². The minimum Gasteiger partial charge on any atom is -0.478 e. The fourth-order valence-electron chi connectivity index (χ4n) is 1.52. The van der Waals surface area contributed by atoms with Crippen molar-refractivity contribution in [1.29, 1.82) is 0 Å². The number of hydrogen-bond acceptors (Lipinski definition) is 3. The van der Waals surface area contributed by atoms with E-state index in [0.717, 1.165) is 5.75 Å². The Labute approximate surface area is 124 Å². The van der Waals surface area contributed by atoms with Crippen LogP contribution in [0.2, 0.25) is 0 Å². The van der Waals surface area contributed by atoms with Gasteiger partial charge in [0, 0.05) is 15.4 Å². The Morgan fingerprint density at radius 1 is 1.50 bits per heavy atom. The molecule has 1 aromatic carbocycles. The highest BCUT2D eigenvalue weighted by Crippen LogP contribution is 2.17. The molecule has 0 aliphatic carbocycles. The second-order valence-electron chi connectivity index (χ2n) is 3.80. The van der Waals surface area contributed by atoms with Gasteiger partial charge >= 0.3 is 5.97 Å². The smallest absolute Gasteiger partial charge is 0.336 e. The highest BCUT2D eigenvalue weighted by atomic mass is 127. The number of nitrogens with one attached hydrogen (secondary N) is 1. The molecule has 0 radical (unpaired) electrons. The molecule has 0 aliphatic heterocycles. The highest BCUT2D eigenvalue weighted by Gasteiger charge is 2.20. The van der Waals surface area contributed by atoms with E-state index in [0.29, 0.717) is 3.57 Å². The Bertz CT molecular complexity index is 465. The maximum atomic E-state index is 12.1. The van der Waals surface area contributed by atoms with Crippen LogP contribution in [0.25, 0.3) is 0 Å². The van der Waals surface area contributed by atoms with E-state index in [1.165, 1.54) is 6.07 Å². The van der Waals surface area contributed by atoms with Gasteiger partial charge < -0.3 is 10.4 Å². The van der Waals surface area contributed by atoms with Crippen molar-refractivity contribution in [2.24, 2.45) is 0 Å². The van der Waals surface area contributed by atoms with Gasteiger partial charge in [0.05, 0.1) is 11.1 Å². The fraction of sp³-hybridized carbons (Fsp3) is 0.333. The van der Waals surface area contributed by atoms with Crippen molar-refractivity contribution in [2.45, 2.75) is 13.0 Å². The largest absolute Gasteiger partial charge is 0.478 e. The summed E-state index contributed by atoms with van der Waals surface area (Å²) in [5.74, 6) is -0.632. The van der Waals surface area contributed by atoms with Crippen LogP contribution in [0, 0.1) is 3.57 Å². The van der Waals surface area contributed by atoms with Crippen molar-refractivity contribution in [3.8, 4) is 0 Å². The number of hydrogen-bond donors (Lipinski definition) is 2. The first-order chi connectivity index (χ1) is 8.47. The molecule has 1 atom stereocenters. The van der Waals surface area contributed by atoms with Crippen LogP contribution in [0.4, 0.5) is 0 Å². The summed E-state index contributed by atoms with van der Waals surface area (Å²) in [6.45, 7) is 1.89. The van der Waals surface area contributed by atoms with Gasteiger partial charge in [0.15, 0.2) is 0 Å². The van der Waals surface area contributed by atoms with Crippen molar-refractivity contribution >= 4 is 46.2 Å². The van der Waals surface area contributed by atoms with Crippen LogP contribution >= 0.6 is 34.4 Å². The molecule has 0 aliphatic rings. The van der Waals surface area contributed by atoms with E-state index in [-0.39, 0.29) is 23.1 Å². The maximum absolute atomic E-state index is 12.1. The molecular weight excluding hydrogens is 365 g/mol. The van der Waals surface area contributed by atoms with E-state index in [9.17, 15) is 9.59 Å². The number of aromatic carboxylic acids is 1. The zero-order chi connectivity index (χ0) is 13.7. The number of carboxylic acids is 1. The Kier molecular flexibility index (Phi) is 5.94. The third-order valence-electron chi connectivity index (χ3n) is 2.27. The van der Waals surface area contributed by atoms with E-state index in [2.05, 4.69) is 5.32 Å². The second kappa shape index (κ2) is 6.98. The van der Waals surface area contributed by atoms with Crippen LogP contribution in [0.3, 0.4) is 0 Å². The van der Waals surface area contributed by atoms with E-state index >= 15 is 0 Å². The first-order valence-electron chi connectivity index (χ1n) is 5.29. The Morgan fingerprint density at radius 3 is 2.72 bits per heavy atom. The summed E-state index contributed by atoms with van der Waals surface area (Å²) in [7, 11) is 0. The van der Waals surface area contributed by atoms with E-state index in [1.54, 1.807) is 23.9 Å². The van der Waals surface area contributed by atoms with Gasteiger partial charge in [-0.25, -0.2) is 4.79 Å². The molecule has 0 aromatic heterocycles. The molecule has 98 valence electrons. The lowest BCUT2D eigenvalue weighted by Crippen LogP contribution is -2.35. The lowest BCUT2D eigenvalue weighted by Gasteiger charge is -2.14. The topological polar surface area (TPSA) is 66.4 Å². The van der Waals surface area contributed by atoms with Gasteiger partial charge in [0.2, 0.25) is 0 Å². The Morgan fingerprint density at radius 2 is 2.17 bits per heavy atom. The van der Waals surface area contributed by atoms with Crippen molar-refractivity contribution in [3.63, 3.8) is 0 Å².